The number of nitrogens with two attached hydrogens (primary N) is 5. The zero-order valence-electron chi connectivity index (χ0n) is 69.6. The molecule has 2 aliphatic heterocycles. The van der Waals surface area contributed by atoms with Crippen LogP contribution in [0.3, 0.4) is 0 Å². The molecule has 27 N–H and O–H groups in total. The van der Waals surface area contributed by atoms with Crippen molar-refractivity contribution in [2.75, 3.05) is 26.2 Å². The number of fused-ring (bicyclic) bond motifs is 1. The maximum atomic E-state index is 15.2. The molecule has 124 heavy (non-hydrogen) atoms. The molecule has 682 valence electrons. The summed E-state index contributed by atoms with van der Waals surface area (Å²) in [5, 5.41) is 76.7. The zero-order valence-corrected chi connectivity index (χ0v) is 69.6. The molecule has 44 heteroatoms. The van der Waals surface area contributed by atoms with Crippen molar-refractivity contribution in [3.63, 3.8) is 0 Å². The number of carbonyl (C=O) groups is 20. The highest BCUT2D eigenvalue weighted by atomic mass is 16.4. The lowest BCUT2D eigenvalue weighted by Crippen LogP contribution is -2.61. The van der Waals surface area contributed by atoms with E-state index in [4.69, 9.17) is 28.7 Å². The number of carboxylic acids is 5. The number of para-hydroxylation sites is 1. The molecule has 3 heterocycles. The number of aliphatic carboxylic acids is 5. The number of nitrogens with zero attached hydrogens (tertiary/aromatic N) is 2. The highest BCUT2D eigenvalue weighted by Gasteiger charge is 2.44. The van der Waals surface area contributed by atoms with E-state index in [2.05, 4.69) is 63.5 Å². The number of amides is 15. The standard InChI is InChI=1S/C80H117N19O25/c1-41(2)65(96-74(118)49(21-11-13-33-82)88-71(115)51(25-29-61(103)104)90-72(116)52(26-30-62(105)106)89-70(114)50(24-28-60(101)102)87-68(112)46(83)38-59(84)100)78(122)92-48(20-10-12-32-81)69(113)93-54(37-44-40-86-47-19-9-8-18-45(44)47)75(119)91-53(27-31-63(107)108)73(117)95-56(36-43-16-6-5-7-17-43)79(123)99-35-15-23-58(99)77(121)94-55(39-64(109)110)76(120)97-66(42(3)4)80(124)98-34-14-22-57(98)67(85)111/h5-9,16-19,40-42,46,48-58,65-66,86H,10-15,20-39,81-83H2,1-4H3,(H2,84,100)(H2,85,111)(H,87,112)(H,88,115)(H,89,114)(H,90,116)(H,91,119)(H,92,122)(H,93,113)(H,94,121)(H,95,117)(H,96,118)(H,97,120)(H,101,102)(H,103,104)(H,105,106)(H,107,108)(H,109,110)/t46-,48-,49-,50-,51-,52-,53-,54-,55-,56-,57-,58-,65-,66-/m0/s1. The van der Waals surface area contributed by atoms with Crippen LogP contribution in [0, 0.1) is 11.8 Å². The number of rotatable bonds is 55. The Morgan fingerprint density at radius 2 is 0.790 bits per heavy atom. The Hall–Kier alpha value is -12.7. The van der Waals surface area contributed by atoms with Crippen molar-refractivity contribution in [1.82, 2.24) is 73.3 Å². The summed E-state index contributed by atoms with van der Waals surface area (Å²) in [6, 6.07) is -7.55. The maximum absolute atomic E-state index is 15.2. The Balaban J connectivity index is 1.44. The van der Waals surface area contributed by atoms with E-state index in [1.807, 2.05) is 0 Å². The molecule has 1 aromatic heterocycles. The van der Waals surface area contributed by atoms with Crippen LogP contribution in [0.2, 0.25) is 0 Å². The minimum Gasteiger partial charge on any atom is -0.481 e. The largest absolute Gasteiger partial charge is 0.481 e. The number of carbonyl (C=O) groups excluding carboxylic acids is 15. The van der Waals surface area contributed by atoms with Gasteiger partial charge in [-0.1, -0.05) is 76.2 Å². The van der Waals surface area contributed by atoms with Gasteiger partial charge in [-0.05, 0) is 132 Å². The van der Waals surface area contributed by atoms with Crippen LogP contribution in [0.15, 0.2) is 60.8 Å². The number of hydrogen-bond donors (Lipinski definition) is 22. The SMILES string of the molecule is CC(C)[C@H](NC(=O)[C@H](CCCCN)NC(=O)[C@H](CCC(=O)O)NC(=O)[C@H](CCC(=O)O)NC(=O)[C@H](CCC(=O)O)NC(=O)[C@@H](N)CC(N)=O)C(=O)N[C@@H](CCCCN)C(=O)N[C@@H](Cc1c[nH]c2ccccc12)C(=O)N[C@@H](CCC(=O)O)C(=O)N[C@@H](Cc1ccccc1)C(=O)N1CCC[C@H]1C(=O)N[C@@H](CC(=O)O)C(=O)N[C@H](C(=O)N1CCC[C@H]1C(N)=O)C(C)C. The summed E-state index contributed by atoms with van der Waals surface area (Å²) in [6.45, 7) is 6.43. The van der Waals surface area contributed by atoms with Crippen molar-refractivity contribution in [1.29, 1.82) is 0 Å². The number of hydrogen-bond acceptors (Lipinski definition) is 23. The van der Waals surface area contributed by atoms with E-state index in [0.29, 0.717) is 28.5 Å². The Kier molecular flexibility index (Phi) is 41.6. The van der Waals surface area contributed by atoms with Crippen LogP contribution in [0.1, 0.15) is 167 Å². The lowest BCUT2D eigenvalue weighted by molar-refractivity contribution is -0.145. The highest BCUT2D eigenvalue weighted by Crippen LogP contribution is 2.25. The minimum absolute atomic E-state index is 0.0338. The molecule has 5 rings (SSSR count). The average Bonchev–Trinajstić information content (AvgIpc) is 1.65. The molecule has 44 nitrogen and oxygen atoms in total. The summed E-state index contributed by atoms with van der Waals surface area (Å²) in [5.41, 5.74) is 29.6. The highest BCUT2D eigenvalue weighted by molar-refractivity contribution is 6.02. The first-order chi connectivity index (χ1) is 58.6. The fourth-order valence-electron chi connectivity index (χ4n) is 14.1. The van der Waals surface area contributed by atoms with E-state index in [9.17, 15) is 102 Å². The molecular formula is C80H117N19O25. The molecule has 0 spiro atoms. The molecule has 0 bridgehead atoms. The third-order valence-electron chi connectivity index (χ3n) is 20.9. The summed E-state index contributed by atoms with van der Waals surface area (Å²) in [5.74, 6) is -24.4. The van der Waals surface area contributed by atoms with Crippen LogP contribution in [0.25, 0.3) is 10.9 Å². The lowest BCUT2D eigenvalue weighted by Gasteiger charge is -2.32. The zero-order chi connectivity index (χ0) is 92.2. The second-order valence-corrected chi connectivity index (χ2v) is 31.2. The van der Waals surface area contributed by atoms with Crippen LogP contribution in [0.4, 0.5) is 0 Å². The summed E-state index contributed by atoms with van der Waals surface area (Å²) >= 11 is 0. The second-order valence-electron chi connectivity index (χ2n) is 31.2. The number of aromatic amines is 1. The number of likely N-dealkylation sites (tertiary alicyclic amines) is 2. The molecule has 2 fully saturated rings. The van der Waals surface area contributed by atoms with Gasteiger partial charge >= 0.3 is 29.8 Å². The molecule has 14 atom stereocenters. The van der Waals surface area contributed by atoms with Gasteiger partial charge < -0.3 is 127 Å². The van der Waals surface area contributed by atoms with Gasteiger partial charge in [0.05, 0.1) is 18.9 Å². The van der Waals surface area contributed by atoms with Crippen molar-refractivity contribution in [2.24, 2.45) is 40.5 Å². The van der Waals surface area contributed by atoms with E-state index < -0.39 is 279 Å². The van der Waals surface area contributed by atoms with Crippen LogP contribution in [0.5, 0.6) is 0 Å². The molecule has 2 aliphatic rings. The van der Waals surface area contributed by atoms with Gasteiger partial charge in [-0.3, -0.25) is 95.9 Å². The van der Waals surface area contributed by atoms with E-state index >= 15 is 19.2 Å². The number of primary amides is 2. The third kappa shape index (κ3) is 32.9. The van der Waals surface area contributed by atoms with Crippen molar-refractivity contribution >= 4 is 129 Å². The molecule has 15 amide bonds. The van der Waals surface area contributed by atoms with Crippen molar-refractivity contribution in [3.05, 3.63) is 71.9 Å². The van der Waals surface area contributed by atoms with Gasteiger partial charge in [-0.15, -0.1) is 0 Å². The van der Waals surface area contributed by atoms with Gasteiger partial charge in [0.25, 0.3) is 0 Å². The summed E-state index contributed by atoms with van der Waals surface area (Å²) in [4.78, 5) is 277. The summed E-state index contributed by atoms with van der Waals surface area (Å²) in [6.07, 6.45) is -5.38. The van der Waals surface area contributed by atoms with E-state index in [1.54, 1.807) is 74.6 Å². The van der Waals surface area contributed by atoms with E-state index in [-0.39, 0.29) is 96.8 Å². The lowest BCUT2D eigenvalue weighted by atomic mass is 9.99. The normalized spacial score (nSPS) is 16.6. The summed E-state index contributed by atoms with van der Waals surface area (Å²) in [7, 11) is 0. The van der Waals surface area contributed by atoms with Crippen LogP contribution in [-0.2, 0) is 109 Å². The summed E-state index contributed by atoms with van der Waals surface area (Å²) < 4.78 is 0. The minimum atomic E-state index is -1.91. The quantitative estimate of drug-likeness (QED) is 0.0237. The first kappa shape index (κ1) is 102. The molecule has 3 aromatic rings. The molecule has 2 saturated heterocycles. The Morgan fingerprint density at radius 3 is 1.23 bits per heavy atom. The molecule has 0 saturated carbocycles. The first-order valence-corrected chi connectivity index (χ1v) is 41.0. The monoisotopic (exact) mass is 1740 g/mol. The number of H-pyrrole nitrogens is 1. The number of carboxylic acid groups (broad SMARTS) is 5. The number of aromatic nitrogens is 1. The molecule has 2 aromatic carbocycles. The Labute approximate surface area is 713 Å². The molecule has 0 aliphatic carbocycles. The van der Waals surface area contributed by atoms with Crippen molar-refractivity contribution < 1.29 is 121 Å². The smallest absolute Gasteiger partial charge is 0.305 e. The van der Waals surface area contributed by atoms with Gasteiger partial charge in [0.2, 0.25) is 88.6 Å². The van der Waals surface area contributed by atoms with Crippen LogP contribution < -0.4 is 87.2 Å². The average molecular weight is 1740 g/mol. The topological polar surface area (TPSA) is 727 Å². The maximum Gasteiger partial charge on any atom is 0.305 e. The van der Waals surface area contributed by atoms with Gasteiger partial charge in [0.15, 0.2) is 0 Å². The Bertz CT molecular complexity index is 4300. The van der Waals surface area contributed by atoms with Crippen LogP contribution in [-0.4, -0.2) is 270 Å². The van der Waals surface area contributed by atoms with Crippen molar-refractivity contribution in [3.8, 4) is 0 Å². The first-order valence-electron chi connectivity index (χ1n) is 41.0. The molecule has 0 unspecified atom stereocenters. The molecule has 0 radical (unpaired) electrons. The number of nitrogens with one attached hydrogen (secondary N) is 12. The number of benzene rings is 2. The molecular weight excluding hydrogens is 1630 g/mol. The van der Waals surface area contributed by atoms with Gasteiger partial charge in [-0.25, -0.2) is 0 Å². The second kappa shape index (κ2) is 50.6. The van der Waals surface area contributed by atoms with E-state index in [0.717, 1.165) is 4.90 Å². The fraction of sp³-hybridized carbons (Fsp3) is 0.575. The van der Waals surface area contributed by atoms with Gasteiger partial charge in [0, 0.05) is 68.7 Å². The van der Waals surface area contributed by atoms with Gasteiger partial charge in [-0.2, -0.15) is 0 Å². The third-order valence-corrected chi connectivity index (χ3v) is 20.9. The number of unbranched alkanes of at least 4 members (excludes halogenated alkanes) is 2. The predicted molar refractivity (Wildman–Crippen MR) is 439 cm³/mol. The fourth-order valence-corrected chi connectivity index (χ4v) is 14.1. The Morgan fingerprint density at radius 1 is 0.403 bits per heavy atom. The van der Waals surface area contributed by atoms with Crippen LogP contribution >= 0.6 is 0 Å². The van der Waals surface area contributed by atoms with Crippen molar-refractivity contribution in [2.45, 2.75) is 254 Å². The van der Waals surface area contributed by atoms with Gasteiger partial charge in [0.1, 0.15) is 78.5 Å². The predicted octanol–water partition coefficient (Wildman–Crippen LogP) is -4.54. The van der Waals surface area contributed by atoms with E-state index in [1.165, 1.54) is 18.7 Å².